The van der Waals surface area contributed by atoms with Gasteiger partial charge in [0.25, 0.3) is 0 Å². The maximum Gasteiger partial charge on any atom is 0.307 e. The average molecular weight is 452 g/mol. The SMILES string of the molecule is COC(=O)CC(CC(=O)OC)n1cc(NC(=O)CN(C)S(=O)(=O)c2ccccc2)cn1. The molecule has 11 nitrogen and oxygen atoms in total. The van der Waals surface area contributed by atoms with Gasteiger partial charge in [-0.25, -0.2) is 8.42 Å². The molecule has 0 bridgehead atoms. The first kappa shape index (κ1) is 24.0. The topological polar surface area (TPSA) is 137 Å². The van der Waals surface area contributed by atoms with Gasteiger partial charge in [-0.2, -0.15) is 9.40 Å². The summed E-state index contributed by atoms with van der Waals surface area (Å²) in [5.74, 6) is -1.66. The van der Waals surface area contributed by atoms with E-state index in [1.54, 1.807) is 18.2 Å². The van der Waals surface area contributed by atoms with E-state index in [2.05, 4.69) is 19.9 Å². The molecule has 0 aliphatic rings. The third-order valence-electron chi connectivity index (χ3n) is 4.34. The Hall–Kier alpha value is -3.25. The molecule has 1 N–H and O–H groups in total. The van der Waals surface area contributed by atoms with Crippen molar-refractivity contribution in [1.29, 1.82) is 0 Å². The smallest absolute Gasteiger partial charge is 0.307 e. The van der Waals surface area contributed by atoms with Crippen LogP contribution in [0, 0.1) is 0 Å². The zero-order valence-electron chi connectivity index (χ0n) is 17.3. The maximum absolute atomic E-state index is 12.5. The van der Waals surface area contributed by atoms with Gasteiger partial charge in [-0.1, -0.05) is 18.2 Å². The van der Waals surface area contributed by atoms with Crippen molar-refractivity contribution in [2.75, 3.05) is 33.1 Å². The highest BCUT2D eigenvalue weighted by Crippen LogP contribution is 2.20. The van der Waals surface area contributed by atoms with E-state index in [-0.39, 0.29) is 23.4 Å². The average Bonchev–Trinajstić information content (AvgIpc) is 3.21. The number of hydrogen-bond acceptors (Lipinski definition) is 8. The Morgan fingerprint density at radius 2 is 1.68 bits per heavy atom. The Morgan fingerprint density at radius 1 is 1.10 bits per heavy atom. The van der Waals surface area contributed by atoms with Gasteiger partial charge < -0.3 is 14.8 Å². The molecule has 2 aromatic rings. The van der Waals surface area contributed by atoms with Crippen LogP contribution in [0.3, 0.4) is 0 Å². The number of sulfonamides is 1. The minimum Gasteiger partial charge on any atom is -0.469 e. The summed E-state index contributed by atoms with van der Waals surface area (Å²) in [5.41, 5.74) is 0.273. The normalized spacial score (nSPS) is 11.4. The van der Waals surface area contributed by atoms with E-state index in [1.165, 1.54) is 50.5 Å². The van der Waals surface area contributed by atoms with Crippen molar-refractivity contribution in [3.05, 3.63) is 42.7 Å². The molecule has 168 valence electrons. The summed E-state index contributed by atoms with van der Waals surface area (Å²) in [6, 6.07) is 7.08. The van der Waals surface area contributed by atoms with Crippen LogP contribution < -0.4 is 5.32 Å². The van der Waals surface area contributed by atoms with Crippen LogP contribution in [0.2, 0.25) is 0 Å². The standard InChI is InChI=1S/C19H24N4O7S/c1-22(31(27,28)16-7-5-4-6-8-16)13-17(24)21-14-11-20-23(12-14)15(9-18(25)29-2)10-19(26)30-3/h4-8,11-12,15H,9-10,13H2,1-3H3,(H,21,24). The van der Waals surface area contributed by atoms with E-state index in [4.69, 9.17) is 0 Å². The molecule has 0 unspecified atom stereocenters. The zero-order chi connectivity index (χ0) is 23.0. The van der Waals surface area contributed by atoms with Crippen LogP contribution in [0.1, 0.15) is 18.9 Å². The van der Waals surface area contributed by atoms with Crippen molar-refractivity contribution >= 4 is 33.6 Å². The first-order valence-corrected chi connectivity index (χ1v) is 10.6. The molecule has 0 saturated carbocycles. The van der Waals surface area contributed by atoms with Crippen molar-refractivity contribution in [2.45, 2.75) is 23.8 Å². The maximum atomic E-state index is 12.5. The number of benzene rings is 1. The Kier molecular flexibility index (Phi) is 8.28. The van der Waals surface area contributed by atoms with Crippen LogP contribution in [0.25, 0.3) is 0 Å². The number of anilines is 1. The number of nitrogens with zero attached hydrogens (tertiary/aromatic N) is 3. The molecule has 12 heteroatoms. The van der Waals surface area contributed by atoms with Gasteiger partial charge in [0.1, 0.15) is 0 Å². The van der Waals surface area contributed by atoms with Crippen molar-refractivity contribution in [3.8, 4) is 0 Å². The zero-order valence-corrected chi connectivity index (χ0v) is 18.2. The highest BCUT2D eigenvalue weighted by Gasteiger charge is 2.24. The van der Waals surface area contributed by atoms with Gasteiger partial charge in [0.2, 0.25) is 15.9 Å². The van der Waals surface area contributed by atoms with Gasteiger partial charge in [0.05, 0.1) is 56.4 Å². The molecule has 2 rings (SSSR count). The number of carbonyl (C=O) groups excluding carboxylic acids is 3. The number of rotatable bonds is 10. The molecule has 1 amide bonds. The first-order chi connectivity index (χ1) is 14.7. The molecular formula is C19H24N4O7S. The highest BCUT2D eigenvalue weighted by atomic mass is 32.2. The van der Waals surface area contributed by atoms with Crippen LogP contribution in [0.5, 0.6) is 0 Å². The van der Waals surface area contributed by atoms with Crippen molar-refractivity contribution in [2.24, 2.45) is 0 Å². The molecule has 0 radical (unpaired) electrons. The largest absolute Gasteiger partial charge is 0.469 e. The Morgan fingerprint density at radius 3 is 2.23 bits per heavy atom. The van der Waals surface area contributed by atoms with E-state index in [1.807, 2.05) is 0 Å². The lowest BCUT2D eigenvalue weighted by atomic mass is 10.1. The highest BCUT2D eigenvalue weighted by molar-refractivity contribution is 7.89. The van der Waals surface area contributed by atoms with Gasteiger partial charge in [-0.05, 0) is 12.1 Å². The van der Waals surface area contributed by atoms with E-state index < -0.39 is 40.5 Å². The molecule has 0 fully saturated rings. The quantitative estimate of drug-likeness (QED) is 0.523. The minimum absolute atomic E-state index is 0.0755. The summed E-state index contributed by atoms with van der Waals surface area (Å²) >= 11 is 0. The van der Waals surface area contributed by atoms with E-state index in [9.17, 15) is 22.8 Å². The minimum atomic E-state index is -3.82. The van der Waals surface area contributed by atoms with Gasteiger partial charge in [0, 0.05) is 13.2 Å². The number of esters is 2. The Labute approximate surface area is 180 Å². The third kappa shape index (κ3) is 6.62. The number of ether oxygens (including phenoxy) is 2. The summed E-state index contributed by atoms with van der Waals surface area (Å²) in [5, 5.41) is 6.62. The summed E-state index contributed by atoms with van der Waals surface area (Å²) in [4.78, 5) is 35.7. The fraction of sp³-hybridized carbons (Fsp3) is 0.368. The lowest BCUT2D eigenvalue weighted by Crippen LogP contribution is -2.34. The van der Waals surface area contributed by atoms with Crippen LogP contribution in [-0.4, -0.2) is 68.2 Å². The van der Waals surface area contributed by atoms with Crippen molar-refractivity contribution in [1.82, 2.24) is 14.1 Å². The summed E-state index contributed by atoms with van der Waals surface area (Å²) < 4.78 is 36.6. The van der Waals surface area contributed by atoms with Gasteiger partial charge in [0.15, 0.2) is 0 Å². The summed E-state index contributed by atoms with van der Waals surface area (Å²) in [6.45, 7) is -0.420. The summed E-state index contributed by atoms with van der Waals surface area (Å²) in [6.07, 6.45) is 2.50. The summed E-state index contributed by atoms with van der Waals surface area (Å²) in [7, 11) is -0.0619. The van der Waals surface area contributed by atoms with Crippen LogP contribution in [0.15, 0.2) is 47.6 Å². The number of nitrogens with one attached hydrogen (secondary N) is 1. The number of methoxy groups -OCH3 is 2. The molecule has 0 saturated heterocycles. The molecule has 1 aromatic heterocycles. The number of likely N-dealkylation sites (N-methyl/N-ethyl adjacent to an activating group) is 1. The van der Waals surface area contributed by atoms with Gasteiger partial charge in [-0.15, -0.1) is 0 Å². The molecule has 31 heavy (non-hydrogen) atoms. The predicted molar refractivity (Wildman–Crippen MR) is 109 cm³/mol. The van der Waals surface area contributed by atoms with E-state index in [0.717, 1.165) is 4.31 Å². The van der Waals surface area contributed by atoms with Crippen molar-refractivity contribution in [3.63, 3.8) is 0 Å². The van der Waals surface area contributed by atoms with Gasteiger partial charge >= 0.3 is 11.9 Å². The fourth-order valence-corrected chi connectivity index (χ4v) is 3.82. The second-order valence-corrected chi connectivity index (χ2v) is 8.59. The monoisotopic (exact) mass is 452 g/mol. The van der Waals surface area contributed by atoms with Gasteiger partial charge in [-0.3, -0.25) is 19.1 Å². The van der Waals surface area contributed by atoms with Crippen LogP contribution in [0.4, 0.5) is 5.69 Å². The first-order valence-electron chi connectivity index (χ1n) is 9.16. The van der Waals surface area contributed by atoms with Crippen molar-refractivity contribution < 1.29 is 32.3 Å². The number of amides is 1. The molecule has 0 aliphatic heterocycles. The Balaban J connectivity index is 2.05. The lowest BCUT2D eigenvalue weighted by molar-refractivity contribution is -0.144. The molecule has 0 aliphatic carbocycles. The number of hydrogen-bond donors (Lipinski definition) is 1. The second kappa shape index (κ2) is 10.7. The van der Waals surface area contributed by atoms with E-state index in [0.29, 0.717) is 0 Å². The number of carbonyl (C=O) groups is 3. The van der Waals surface area contributed by atoms with E-state index >= 15 is 0 Å². The molecule has 0 atom stereocenters. The molecular weight excluding hydrogens is 428 g/mol. The second-order valence-electron chi connectivity index (χ2n) is 6.55. The third-order valence-corrected chi connectivity index (χ3v) is 6.15. The lowest BCUT2D eigenvalue weighted by Gasteiger charge is -2.16. The Bertz CT molecular complexity index is 1000. The van der Waals surface area contributed by atoms with Crippen LogP contribution >= 0.6 is 0 Å². The predicted octanol–water partition coefficient (Wildman–Crippen LogP) is 0.810. The van der Waals surface area contributed by atoms with Crippen LogP contribution in [-0.2, 0) is 33.9 Å². The molecule has 0 spiro atoms. The number of aromatic nitrogens is 2. The molecule has 1 aromatic carbocycles. The molecule has 1 heterocycles. The fourth-order valence-electron chi connectivity index (χ4n) is 2.67.